The van der Waals surface area contributed by atoms with E-state index in [-0.39, 0.29) is 11.5 Å². The van der Waals surface area contributed by atoms with Gasteiger partial charge >= 0.3 is 5.97 Å². The smallest absolute Gasteiger partial charge is 0.352 e. The Kier molecular flexibility index (Phi) is 3.46. The number of carboxylic acids is 1. The zero-order valence-electron chi connectivity index (χ0n) is 10.0. The highest BCUT2D eigenvalue weighted by molar-refractivity contribution is 5.87. The van der Waals surface area contributed by atoms with Gasteiger partial charge in [0.1, 0.15) is 11.5 Å². The topological polar surface area (TPSA) is 53.1 Å². The van der Waals surface area contributed by atoms with E-state index in [1.807, 2.05) is 0 Å². The maximum absolute atomic E-state index is 12.7. The lowest BCUT2D eigenvalue weighted by Crippen LogP contribution is -1.99. The third kappa shape index (κ3) is 2.59. The van der Waals surface area contributed by atoms with Crippen LogP contribution in [-0.4, -0.2) is 16.1 Å². The summed E-state index contributed by atoms with van der Waals surface area (Å²) in [6.07, 6.45) is 3.22. The van der Waals surface area contributed by atoms with E-state index in [0.29, 0.717) is 0 Å². The molecule has 0 unspecified atom stereocenters. The van der Waals surface area contributed by atoms with Gasteiger partial charge in [-0.25, -0.2) is 9.18 Å². The maximum Gasteiger partial charge on any atom is 0.352 e. The van der Waals surface area contributed by atoms with E-state index < -0.39 is 5.97 Å². The first-order valence-electron chi connectivity index (χ1n) is 5.72. The van der Waals surface area contributed by atoms with Crippen LogP contribution in [0.2, 0.25) is 0 Å². The summed E-state index contributed by atoms with van der Waals surface area (Å²) in [5.41, 5.74) is 3.03. The molecule has 2 N–H and O–H groups in total. The Morgan fingerprint density at radius 3 is 2.50 bits per heavy atom. The van der Waals surface area contributed by atoms with Gasteiger partial charge in [0.2, 0.25) is 0 Å². The van der Waals surface area contributed by atoms with Crippen molar-refractivity contribution in [1.82, 2.24) is 4.98 Å². The first-order valence-corrected chi connectivity index (χ1v) is 5.72. The average molecular weight is 247 g/mol. The molecule has 0 radical (unpaired) electrons. The van der Waals surface area contributed by atoms with Gasteiger partial charge in [0.05, 0.1) is 0 Å². The van der Waals surface area contributed by atoms with Gasteiger partial charge in [0.15, 0.2) is 0 Å². The van der Waals surface area contributed by atoms with Crippen molar-refractivity contribution in [3.8, 4) is 0 Å². The van der Waals surface area contributed by atoms with Gasteiger partial charge in [-0.15, -0.1) is 0 Å². The van der Waals surface area contributed by atoms with Crippen LogP contribution < -0.4 is 0 Å². The Morgan fingerprint density at radius 1 is 1.28 bits per heavy atom. The Morgan fingerprint density at radius 2 is 1.94 bits per heavy atom. The Balaban J connectivity index is 2.06. The monoisotopic (exact) mass is 247 g/mol. The molecule has 0 aliphatic carbocycles. The van der Waals surface area contributed by atoms with Gasteiger partial charge in [-0.1, -0.05) is 12.1 Å². The van der Waals surface area contributed by atoms with Crippen molar-refractivity contribution in [3.05, 3.63) is 58.7 Å². The van der Waals surface area contributed by atoms with E-state index in [0.717, 1.165) is 29.5 Å². The number of nitrogens with one attached hydrogen (secondary N) is 1. The molecule has 0 atom stereocenters. The molecule has 1 aromatic carbocycles. The van der Waals surface area contributed by atoms with Crippen LogP contribution in [0, 0.1) is 12.7 Å². The van der Waals surface area contributed by atoms with E-state index in [4.69, 9.17) is 5.11 Å². The Hall–Kier alpha value is -2.10. The summed E-state index contributed by atoms with van der Waals surface area (Å²) in [7, 11) is 0. The molecule has 0 bridgehead atoms. The number of hydrogen-bond acceptors (Lipinski definition) is 1. The lowest BCUT2D eigenvalue weighted by molar-refractivity contribution is 0.0690. The molecule has 4 heteroatoms. The largest absolute Gasteiger partial charge is 0.477 e. The predicted octanol–water partition coefficient (Wildman–Crippen LogP) is 2.95. The van der Waals surface area contributed by atoms with Gasteiger partial charge in [-0.3, -0.25) is 0 Å². The number of aromatic amines is 1. The number of aromatic nitrogens is 1. The summed E-state index contributed by atoms with van der Waals surface area (Å²) in [4.78, 5) is 13.6. The summed E-state index contributed by atoms with van der Waals surface area (Å²) < 4.78 is 12.7. The minimum atomic E-state index is -0.944. The standard InChI is InChI=1S/C14H14FNO2/c1-9-11(8-16-13(9)14(17)18)5-2-10-3-6-12(15)7-4-10/h3-4,6-8,16H,2,5H2,1H3,(H,17,18). The molecule has 0 amide bonds. The molecule has 1 aromatic heterocycles. The molecule has 0 aliphatic rings. The minimum Gasteiger partial charge on any atom is -0.477 e. The molecule has 2 rings (SSSR count). The summed E-state index contributed by atoms with van der Waals surface area (Å²) in [5.74, 6) is -1.19. The fraction of sp³-hybridized carbons (Fsp3) is 0.214. The molecule has 0 aliphatic heterocycles. The number of carbonyl (C=O) groups is 1. The van der Waals surface area contributed by atoms with Crippen molar-refractivity contribution >= 4 is 5.97 Å². The van der Waals surface area contributed by atoms with Gasteiger partial charge in [-0.05, 0) is 48.6 Å². The third-order valence-corrected chi connectivity index (χ3v) is 3.06. The van der Waals surface area contributed by atoms with Crippen molar-refractivity contribution < 1.29 is 14.3 Å². The normalized spacial score (nSPS) is 10.6. The predicted molar refractivity (Wildman–Crippen MR) is 66.3 cm³/mol. The van der Waals surface area contributed by atoms with Gasteiger partial charge < -0.3 is 10.1 Å². The fourth-order valence-electron chi connectivity index (χ4n) is 1.95. The lowest BCUT2D eigenvalue weighted by Gasteiger charge is -2.01. The molecule has 0 saturated carbocycles. The lowest BCUT2D eigenvalue weighted by atomic mass is 10.0. The first-order chi connectivity index (χ1) is 8.58. The van der Waals surface area contributed by atoms with Crippen LogP contribution in [0.1, 0.15) is 27.2 Å². The molecule has 94 valence electrons. The number of benzene rings is 1. The van der Waals surface area contributed by atoms with E-state index in [9.17, 15) is 9.18 Å². The number of aryl methyl sites for hydroxylation is 2. The number of aromatic carboxylic acids is 1. The second kappa shape index (κ2) is 5.04. The molecule has 3 nitrogen and oxygen atoms in total. The van der Waals surface area contributed by atoms with Crippen molar-refractivity contribution in [2.45, 2.75) is 19.8 Å². The molecule has 18 heavy (non-hydrogen) atoms. The summed E-state index contributed by atoms with van der Waals surface area (Å²) in [6.45, 7) is 1.79. The van der Waals surface area contributed by atoms with Crippen LogP contribution in [0.4, 0.5) is 4.39 Å². The number of H-pyrrole nitrogens is 1. The number of rotatable bonds is 4. The van der Waals surface area contributed by atoms with Crippen LogP contribution in [0.5, 0.6) is 0 Å². The summed E-state index contributed by atoms with van der Waals surface area (Å²) >= 11 is 0. The number of halogens is 1. The summed E-state index contributed by atoms with van der Waals surface area (Å²) in [6, 6.07) is 6.36. The highest BCUT2D eigenvalue weighted by Crippen LogP contribution is 2.15. The highest BCUT2D eigenvalue weighted by Gasteiger charge is 2.12. The second-order valence-corrected chi connectivity index (χ2v) is 4.25. The van der Waals surface area contributed by atoms with E-state index in [1.54, 1.807) is 25.3 Å². The average Bonchev–Trinajstić information content (AvgIpc) is 2.70. The highest BCUT2D eigenvalue weighted by atomic mass is 19.1. The van der Waals surface area contributed by atoms with E-state index in [1.165, 1.54) is 12.1 Å². The number of carboxylic acid groups (broad SMARTS) is 1. The first kappa shape index (κ1) is 12.4. The summed E-state index contributed by atoms with van der Waals surface area (Å²) in [5, 5.41) is 8.92. The van der Waals surface area contributed by atoms with Crippen LogP contribution in [0.15, 0.2) is 30.5 Å². The van der Waals surface area contributed by atoms with Crippen molar-refractivity contribution in [2.24, 2.45) is 0 Å². The van der Waals surface area contributed by atoms with E-state index >= 15 is 0 Å². The van der Waals surface area contributed by atoms with Crippen molar-refractivity contribution in [3.63, 3.8) is 0 Å². The fourth-order valence-corrected chi connectivity index (χ4v) is 1.95. The SMILES string of the molecule is Cc1c(CCc2ccc(F)cc2)c[nH]c1C(=O)O. The van der Waals surface area contributed by atoms with Crippen molar-refractivity contribution in [2.75, 3.05) is 0 Å². The third-order valence-electron chi connectivity index (χ3n) is 3.06. The molecular weight excluding hydrogens is 233 g/mol. The maximum atomic E-state index is 12.7. The van der Waals surface area contributed by atoms with Crippen molar-refractivity contribution in [1.29, 1.82) is 0 Å². The minimum absolute atomic E-state index is 0.240. The molecular formula is C14H14FNO2. The molecule has 0 fully saturated rings. The Bertz CT molecular complexity index is 558. The molecule has 0 spiro atoms. The quantitative estimate of drug-likeness (QED) is 0.872. The van der Waals surface area contributed by atoms with Crippen LogP contribution in [-0.2, 0) is 12.8 Å². The molecule has 2 aromatic rings. The van der Waals surface area contributed by atoms with Gasteiger partial charge in [0.25, 0.3) is 0 Å². The van der Waals surface area contributed by atoms with Gasteiger partial charge in [-0.2, -0.15) is 0 Å². The van der Waals surface area contributed by atoms with Crippen LogP contribution >= 0.6 is 0 Å². The van der Waals surface area contributed by atoms with Crippen LogP contribution in [0.25, 0.3) is 0 Å². The van der Waals surface area contributed by atoms with Crippen LogP contribution in [0.3, 0.4) is 0 Å². The molecule has 0 saturated heterocycles. The molecule has 1 heterocycles. The second-order valence-electron chi connectivity index (χ2n) is 4.25. The van der Waals surface area contributed by atoms with E-state index in [2.05, 4.69) is 4.98 Å². The zero-order valence-corrected chi connectivity index (χ0v) is 10.0. The Labute approximate surface area is 104 Å². The number of hydrogen-bond donors (Lipinski definition) is 2. The zero-order chi connectivity index (χ0) is 13.1. The van der Waals surface area contributed by atoms with Gasteiger partial charge in [0, 0.05) is 6.20 Å².